The predicted molar refractivity (Wildman–Crippen MR) is 86.3 cm³/mol. The number of benzene rings is 2. The van der Waals surface area contributed by atoms with Gasteiger partial charge in [0.05, 0.1) is 0 Å². The molecule has 6 heteroatoms. The number of carbonyl (C=O) groups excluding carboxylic acids is 1. The van der Waals surface area contributed by atoms with Gasteiger partial charge in [-0.3, -0.25) is 10.1 Å². The summed E-state index contributed by atoms with van der Waals surface area (Å²) in [5, 5.41) is 13.7. The lowest BCUT2D eigenvalue weighted by Gasteiger charge is -1.98. The van der Waals surface area contributed by atoms with Crippen LogP contribution in [-0.4, -0.2) is 16.1 Å². The number of rotatable bonds is 2. The molecule has 2 aromatic carbocycles. The first-order valence-electron chi connectivity index (χ1n) is 6.72. The lowest BCUT2D eigenvalue weighted by Crippen LogP contribution is -2.11. The van der Waals surface area contributed by atoms with Crippen molar-refractivity contribution < 1.29 is 9.21 Å². The minimum Gasteiger partial charge on any atom is -0.450 e. The van der Waals surface area contributed by atoms with Gasteiger partial charge >= 0.3 is 0 Å². The number of anilines is 1. The van der Waals surface area contributed by atoms with E-state index in [1.807, 2.05) is 43.3 Å². The maximum atomic E-state index is 12.4. The monoisotopic (exact) mass is 309 g/mol. The van der Waals surface area contributed by atoms with Gasteiger partial charge in [-0.2, -0.15) is 0 Å². The lowest BCUT2D eigenvalue weighted by molar-refractivity contribution is 0.0998. The molecule has 2 heterocycles. The molecule has 0 atom stereocenters. The van der Waals surface area contributed by atoms with Gasteiger partial charge in [-0.05, 0) is 12.3 Å². The summed E-state index contributed by atoms with van der Waals surface area (Å²) in [5.74, 6) is -0.00363. The lowest BCUT2D eigenvalue weighted by atomic mass is 10.1. The largest absolute Gasteiger partial charge is 0.450 e. The highest BCUT2D eigenvalue weighted by Gasteiger charge is 2.19. The van der Waals surface area contributed by atoms with E-state index in [0.717, 1.165) is 27.3 Å². The molecular weight excluding hydrogens is 298 g/mol. The highest BCUT2D eigenvalue weighted by atomic mass is 32.1. The number of fused-ring (bicyclic) bond motifs is 3. The number of furan rings is 1. The summed E-state index contributed by atoms with van der Waals surface area (Å²) < 4.78 is 5.87. The van der Waals surface area contributed by atoms with Crippen LogP contribution in [0.1, 0.15) is 16.1 Å². The minimum absolute atomic E-state index is 0.307. The van der Waals surface area contributed by atoms with Crippen LogP contribution >= 0.6 is 11.3 Å². The van der Waals surface area contributed by atoms with Gasteiger partial charge in [-0.1, -0.05) is 47.7 Å². The number of aryl methyl sites for hydroxylation is 1. The average Bonchev–Trinajstić information content (AvgIpc) is 3.15. The number of nitrogens with one attached hydrogen (secondary N) is 1. The van der Waals surface area contributed by atoms with Gasteiger partial charge in [-0.25, -0.2) is 0 Å². The van der Waals surface area contributed by atoms with Crippen LogP contribution in [0.3, 0.4) is 0 Å². The molecule has 4 rings (SSSR count). The smallest absolute Gasteiger partial charge is 0.293 e. The molecule has 0 aliphatic heterocycles. The molecule has 0 saturated heterocycles. The van der Waals surface area contributed by atoms with Crippen molar-refractivity contribution in [1.82, 2.24) is 10.2 Å². The third-order valence-corrected chi connectivity index (χ3v) is 4.22. The molecule has 0 bridgehead atoms. The van der Waals surface area contributed by atoms with Crippen molar-refractivity contribution in [1.29, 1.82) is 0 Å². The van der Waals surface area contributed by atoms with Gasteiger partial charge in [0.1, 0.15) is 11.1 Å². The molecule has 1 amide bonds. The Hall–Kier alpha value is -2.73. The van der Waals surface area contributed by atoms with Gasteiger partial charge in [0.25, 0.3) is 5.91 Å². The van der Waals surface area contributed by atoms with E-state index in [0.29, 0.717) is 10.9 Å². The first-order chi connectivity index (χ1) is 10.7. The average molecular weight is 309 g/mol. The van der Waals surface area contributed by atoms with Crippen LogP contribution in [-0.2, 0) is 0 Å². The van der Waals surface area contributed by atoms with Gasteiger partial charge < -0.3 is 4.42 Å². The molecular formula is C16H11N3O2S. The van der Waals surface area contributed by atoms with Crippen LogP contribution in [0.5, 0.6) is 0 Å². The first kappa shape index (κ1) is 13.0. The standard InChI is InChI=1S/C16H11N3O2S/c1-9-11-7-6-10-4-2-3-5-12(10)14(11)21-13(9)15(20)18-16-19-17-8-22-16/h2-8H,1H3,(H,18,19,20). The van der Waals surface area contributed by atoms with Crippen molar-refractivity contribution in [2.75, 3.05) is 5.32 Å². The van der Waals surface area contributed by atoms with Gasteiger partial charge in [0, 0.05) is 16.3 Å². The van der Waals surface area contributed by atoms with E-state index in [1.54, 1.807) is 5.51 Å². The second kappa shape index (κ2) is 4.92. The third kappa shape index (κ3) is 1.96. The Labute approximate surface area is 129 Å². The van der Waals surface area contributed by atoms with Crippen LogP contribution < -0.4 is 5.32 Å². The first-order valence-corrected chi connectivity index (χ1v) is 7.60. The van der Waals surface area contributed by atoms with Crippen LogP contribution in [0.15, 0.2) is 46.3 Å². The van der Waals surface area contributed by atoms with Crippen LogP contribution in [0, 0.1) is 6.92 Å². The maximum Gasteiger partial charge on any atom is 0.293 e. The Morgan fingerprint density at radius 3 is 2.86 bits per heavy atom. The van der Waals surface area contributed by atoms with E-state index in [1.165, 1.54) is 11.3 Å². The molecule has 1 N–H and O–H groups in total. The van der Waals surface area contributed by atoms with Crippen molar-refractivity contribution in [3.8, 4) is 0 Å². The number of aromatic nitrogens is 2. The Morgan fingerprint density at radius 1 is 1.18 bits per heavy atom. The molecule has 22 heavy (non-hydrogen) atoms. The van der Waals surface area contributed by atoms with E-state index in [9.17, 15) is 4.79 Å². The molecule has 0 radical (unpaired) electrons. The molecule has 0 unspecified atom stereocenters. The van der Waals surface area contributed by atoms with E-state index in [4.69, 9.17) is 4.42 Å². The topological polar surface area (TPSA) is 68.0 Å². The normalized spacial score (nSPS) is 11.1. The molecule has 0 aliphatic rings. The minimum atomic E-state index is -0.311. The summed E-state index contributed by atoms with van der Waals surface area (Å²) in [6.07, 6.45) is 0. The van der Waals surface area contributed by atoms with E-state index >= 15 is 0 Å². The zero-order valence-electron chi connectivity index (χ0n) is 11.7. The molecule has 0 fully saturated rings. The Kier molecular flexibility index (Phi) is 2.90. The van der Waals surface area contributed by atoms with Gasteiger partial charge in [0.2, 0.25) is 5.13 Å². The fourth-order valence-electron chi connectivity index (χ4n) is 2.55. The number of hydrogen-bond acceptors (Lipinski definition) is 5. The summed E-state index contributed by atoms with van der Waals surface area (Å²) in [5.41, 5.74) is 3.12. The second-order valence-corrected chi connectivity index (χ2v) is 5.75. The van der Waals surface area contributed by atoms with Crippen molar-refractivity contribution in [3.63, 3.8) is 0 Å². The van der Waals surface area contributed by atoms with E-state index in [2.05, 4.69) is 15.5 Å². The SMILES string of the molecule is Cc1c(C(=O)Nc2nncs2)oc2c1ccc1ccccc12. The summed E-state index contributed by atoms with van der Waals surface area (Å²) in [6, 6.07) is 12.0. The Morgan fingerprint density at radius 2 is 2.05 bits per heavy atom. The van der Waals surface area contributed by atoms with Crippen molar-refractivity contribution >= 4 is 44.1 Å². The zero-order chi connectivity index (χ0) is 15.1. The summed E-state index contributed by atoms with van der Waals surface area (Å²) in [6.45, 7) is 1.88. The van der Waals surface area contributed by atoms with Crippen molar-refractivity contribution in [2.24, 2.45) is 0 Å². The second-order valence-electron chi connectivity index (χ2n) is 4.92. The number of hydrogen-bond donors (Lipinski definition) is 1. The quantitative estimate of drug-likeness (QED) is 0.607. The fraction of sp³-hybridized carbons (Fsp3) is 0.0625. The van der Waals surface area contributed by atoms with Gasteiger partial charge in [0.15, 0.2) is 5.76 Å². The third-order valence-electron chi connectivity index (χ3n) is 3.62. The van der Waals surface area contributed by atoms with Crippen molar-refractivity contribution in [2.45, 2.75) is 6.92 Å². The fourth-order valence-corrected chi connectivity index (χ4v) is 2.99. The molecule has 5 nitrogen and oxygen atoms in total. The maximum absolute atomic E-state index is 12.4. The molecule has 0 aliphatic carbocycles. The highest BCUT2D eigenvalue weighted by Crippen LogP contribution is 2.32. The number of carbonyl (C=O) groups is 1. The predicted octanol–water partition coefficient (Wildman–Crippen LogP) is 4.00. The molecule has 0 saturated carbocycles. The van der Waals surface area contributed by atoms with Crippen LogP contribution in [0.4, 0.5) is 5.13 Å². The molecule has 0 spiro atoms. The summed E-state index contributed by atoms with van der Waals surface area (Å²) in [4.78, 5) is 12.4. The Bertz CT molecular complexity index is 989. The van der Waals surface area contributed by atoms with E-state index < -0.39 is 0 Å². The van der Waals surface area contributed by atoms with E-state index in [-0.39, 0.29) is 5.91 Å². The zero-order valence-corrected chi connectivity index (χ0v) is 12.5. The summed E-state index contributed by atoms with van der Waals surface area (Å²) >= 11 is 1.27. The molecule has 108 valence electrons. The number of nitrogens with zero attached hydrogens (tertiary/aromatic N) is 2. The Balaban J connectivity index is 1.86. The van der Waals surface area contributed by atoms with Gasteiger partial charge in [-0.15, -0.1) is 10.2 Å². The number of amides is 1. The van der Waals surface area contributed by atoms with Crippen molar-refractivity contribution in [3.05, 3.63) is 53.2 Å². The van der Waals surface area contributed by atoms with Crippen LogP contribution in [0.25, 0.3) is 21.7 Å². The highest BCUT2D eigenvalue weighted by molar-refractivity contribution is 7.13. The molecule has 4 aromatic rings. The summed E-state index contributed by atoms with van der Waals surface area (Å²) in [7, 11) is 0. The molecule has 2 aromatic heterocycles. The van der Waals surface area contributed by atoms with Crippen LogP contribution in [0.2, 0.25) is 0 Å².